The van der Waals surface area contributed by atoms with Crippen LogP contribution in [0.3, 0.4) is 0 Å². The highest BCUT2D eigenvalue weighted by atomic mass is 16.5. The topological polar surface area (TPSA) is 85.3 Å². The zero-order valence-corrected chi connectivity index (χ0v) is 22.3. The molecule has 1 fully saturated rings. The lowest BCUT2D eigenvalue weighted by atomic mass is 9.84. The summed E-state index contributed by atoms with van der Waals surface area (Å²) in [5.74, 6) is -0.162. The third-order valence-corrected chi connectivity index (χ3v) is 6.14. The largest absolute Gasteiger partial charge is 0.507 e. The Morgan fingerprint density at radius 2 is 1.72 bits per heavy atom. The third-order valence-electron chi connectivity index (χ3n) is 6.14. The number of rotatable bonds is 9. The maximum atomic E-state index is 13.3. The van der Waals surface area contributed by atoms with Crippen molar-refractivity contribution in [2.75, 3.05) is 27.4 Å². The molecule has 0 aliphatic carbocycles. The van der Waals surface area contributed by atoms with Gasteiger partial charge in [-0.05, 0) is 61.6 Å². The van der Waals surface area contributed by atoms with Gasteiger partial charge in [0.1, 0.15) is 17.3 Å². The van der Waals surface area contributed by atoms with Gasteiger partial charge in [0, 0.05) is 31.4 Å². The average molecular weight is 496 g/mol. The van der Waals surface area contributed by atoms with E-state index in [-0.39, 0.29) is 22.9 Å². The summed E-state index contributed by atoms with van der Waals surface area (Å²) in [4.78, 5) is 27.9. The molecule has 1 saturated heterocycles. The molecule has 0 spiro atoms. The monoisotopic (exact) mass is 495 g/mol. The zero-order valence-electron chi connectivity index (χ0n) is 22.3. The lowest BCUT2D eigenvalue weighted by Crippen LogP contribution is -2.31. The number of amides is 1. The second-order valence-corrected chi connectivity index (χ2v) is 10.2. The van der Waals surface area contributed by atoms with Crippen LogP contribution in [0.4, 0.5) is 0 Å². The Morgan fingerprint density at radius 3 is 2.28 bits per heavy atom. The summed E-state index contributed by atoms with van der Waals surface area (Å²) in [6.45, 7) is 10.8. The van der Waals surface area contributed by atoms with Crippen molar-refractivity contribution >= 4 is 17.4 Å². The average Bonchev–Trinajstić information content (AvgIpc) is 3.08. The molecular formula is C29H37NO6. The zero-order chi connectivity index (χ0) is 26.6. The Hall–Kier alpha value is -3.32. The van der Waals surface area contributed by atoms with Crippen LogP contribution in [0.25, 0.3) is 5.76 Å². The summed E-state index contributed by atoms with van der Waals surface area (Å²) in [6.07, 6.45) is 0.577. The van der Waals surface area contributed by atoms with Crippen LogP contribution in [0.15, 0.2) is 48.0 Å². The van der Waals surface area contributed by atoms with Crippen molar-refractivity contribution in [3.05, 3.63) is 64.7 Å². The molecule has 0 aromatic heterocycles. The Morgan fingerprint density at radius 1 is 1.06 bits per heavy atom. The van der Waals surface area contributed by atoms with E-state index < -0.39 is 17.7 Å². The summed E-state index contributed by atoms with van der Waals surface area (Å²) < 4.78 is 16.4. The van der Waals surface area contributed by atoms with Gasteiger partial charge in [0.15, 0.2) is 0 Å². The molecule has 0 radical (unpaired) electrons. The van der Waals surface area contributed by atoms with Crippen LogP contribution < -0.4 is 9.47 Å². The molecule has 2 aromatic carbocycles. The third kappa shape index (κ3) is 5.73. The number of hydrogen-bond donors (Lipinski definition) is 1. The lowest BCUT2D eigenvalue weighted by Gasteiger charge is -2.26. The molecule has 1 aliphatic rings. The van der Waals surface area contributed by atoms with Gasteiger partial charge < -0.3 is 24.2 Å². The minimum absolute atomic E-state index is 0.0163. The molecule has 1 unspecified atom stereocenters. The highest BCUT2D eigenvalue weighted by Crippen LogP contribution is 2.41. The summed E-state index contributed by atoms with van der Waals surface area (Å²) in [5.41, 5.74) is 1.86. The summed E-state index contributed by atoms with van der Waals surface area (Å²) >= 11 is 0. The predicted molar refractivity (Wildman–Crippen MR) is 139 cm³/mol. The molecule has 1 N–H and O–H groups in total. The Bertz CT molecular complexity index is 1130. The lowest BCUT2D eigenvalue weighted by molar-refractivity contribution is -0.140. The van der Waals surface area contributed by atoms with Gasteiger partial charge in [0.2, 0.25) is 0 Å². The van der Waals surface area contributed by atoms with E-state index in [1.165, 1.54) is 4.90 Å². The van der Waals surface area contributed by atoms with E-state index in [2.05, 4.69) is 0 Å². The number of ether oxygens (including phenoxy) is 3. The number of carbonyl (C=O) groups excluding carboxylic acids is 2. The van der Waals surface area contributed by atoms with E-state index in [4.69, 9.17) is 14.2 Å². The second-order valence-electron chi connectivity index (χ2n) is 10.2. The molecule has 0 saturated carbocycles. The maximum absolute atomic E-state index is 13.3. The van der Waals surface area contributed by atoms with Crippen LogP contribution in [-0.2, 0) is 19.7 Å². The van der Waals surface area contributed by atoms with Crippen LogP contribution in [0, 0.1) is 0 Å². The minimum atomic E-state index is -0.727. The number of carbonyl (C=O) groups is 2. The van der Waals surface area contributed by atoms with Gasteiger partial charge in [-0.3, -0.25) is 9.59 Å². The van der Waals surface area contributed by atoms with E-state index in [1.807, 2.05) is 65.0 Å². The molecule has 3 rings (SSSR count). The SMILES string of the molecule is COCCCN1C(=O)C(=O)/C(=C(\O)c2ccc(OC)c(C(C)(C)C)c2)C1c1ccc(OC(C)C)cc1. The molecule has 1 atom stereocenters. The fraction of sp³-hybridized carbons (Fsp3) is 0.448. The van der Waals surface area contributed by atoms with Crippen molar-refractivity contribution < 1.29 is 28.9 Å². The van der Waals surface area contributed by atoms with Crippen molar-refractivity contribution in [3.8, 4) is 11.5 Å². The molecule has 1 heterocycles. The first kappa shape index (κ1) is 27.3. The summed E-state index contributed by atoms with van der Waals surface area (Å²) in [7, 11) is 3.19. The van der Waals surface area contributed by atoms with E-state index in [0.29, 0.717) is 42.2 Å². The van der Waals surface area contributed by atoms with E-state index in [0.717, 1.165) is 5.56 Å². The molecule has 36 heavy (non-hydrogen) atoms. The van der Waals surface area contributed by atoms with Crippen LogP contribution in [0.1, 0.15) is 63.8 Å². The van der Waals surface area contributed by atoms with Crippen LogP contribution >= 0.6 is 0 Å². The molecule has 7 nitrogen and oxygen atoms in total. The van der Waals surface area contributed by atoms with Crippen LogP contribution in [0.2, 0.25) is 0 Å². The van der Waals surface area contributed by atoms with Gasteiger partial charge in [-0.2, -0.15) is 0 Å². The smallest absolute Gasteiger partial charge is 0.295 e. The number of ketones is 1. The molecule has 1 amide bonds. The van der Waals surface area contributed by atoms with E-state index in [9.17, 15) is 14.7 Å². The second kappa shape index (κ2) is 11.2. The standard InChI is InChI=1S/C29H37NO6/c1-18(2)36-21-12-9-19(10-13-21)25-24(27(32)28(33)30(25)15-8-16-34-6)26(31)20-11-14-23(35-7)22(17-20)29(3,4)5/h9-14,17-18,25,31H,8,15-16H2,1-7H3/b26-24-. The molecule has 2 aromatic rings. The van der Waals surface area contributed by atoms with Gasteiger partial charge in [-0.25, -0.2) is 0 Å². The van der Waals surface area contributed by atoms with Gasteiger partial charge in [-0.1, -0.05) is 32.9 Å². The minimum Gasteiger partial charge on any atom is -0.507 e. The number of benzene rings is 2. The van der Waals surface area contributed by atoms with E-state index in [1.54, 1.807) is 26.4 Å². The molecule has 0 bridgehead atoms. The number of Topliss-reactive ketones (excluding diaryl/α,β-unsaturated/α-hetero) is 1. The number of aliphatic hydroxyl groups is 1. The number of nitrogens with zero attached hydrogens (tertiary/aromatic N) is 1. The van der Waals surface area contributed by atoms with Crippen LogP contribution in [0.5, 0.6) is 11.5 Å². The van der Waals surface area contributed by atoms with Gasteiger partial charge in [-0.15, -0.1) is 0 Å². The molecule has 194 valence electrons. The van der Waals surface area contributed by atoms with Gasteiger partial charge in [0.05, 0.1) is 24.8 Å². The summed E-state index contributed by atoms with van der Waals surface area (Å²) in [6, 6.07) is 11.9. The predicted octanol–water partition coefficient (Wildman–Crippen LogP) is 5.24. The molecule has 7 heteroatoms. The molecular weight excluding hydrogens is 458 g/mol. The van der Waals surface area contributed by atoms with E-state index >= 15 is 0 Å². The van der Waals surface area contributed by atoms with Gasteiger partial charge >= 0.3 is 0 Å². The Labute approximate surface area is 213 Å². The molecule has 1 aliphatic heterocycles. The fourth-order valence-electron chi connectivity index (χ4n) is 4.43. The van der Waals surface area contributed by atoms with Crippen LogP contribution in [-0.4, -0.2) is 55.2 Å². The van der Waals surface area contributed by atoms with Crippen molar-refractivity contribution in [3.63, 3.8) is 0 Å². The van der Waals surface area contributed by atoms with Crippen molar-refractivity contribution in [2.24, 2.45) is 0 Å². The number of aliphatic hydroxyl groups excluding tert-OH is 1. The first-order valence-corrected chi connectivity index (χ1v) is 12.2. The highest BCUT2D eigenvalue weighted by molar-refractivity contribution is 6.46. The number of likely N-dealkylation sites (tertiary alicyclic amines) is 1. The summed E-state index contributed by atoms with van der Waals surface area (Å²) in [5, 5.41) is 11.4. The quantitative estimate of drug-likeness (QED) is 0.222. The Balaban J connectivity index is 2.15. The number of hydrogen-bond acceptors (Lipinski definition) is 6. The highest BCUT2D eigenvalue weighted by Gasteiger charge is 2.45. The van der Waals surface area contributed by atoms with Crippen molar-refractivity contribution in [1.82, 2.24) is 4.90 Å². The maximum Gasteiger partial charge on any atom is 0.295 e. The fourth-order valence-corrected chi connectivity index (χ4v) is 4.43. The van der Waals surface area contributed by atoms with Crippen molar-refractivity contribution in [1.29, 1.82) is 0 Å². The first-order valence-electron chi connectivity index (χ1n) is 12.2. The first-order chi connectivity index (χ1) is 17.0. The van der Waals surface area contributed by atoms with Crippen molar-refractivity contribution in [2.45, 2.75) is 58.6 Å². The normalized spacial score (nSPS) is 17.7. The number of methoxy groups -OCH3 is 2. The van der Waals surface area contributed by atoms with Gasteiger partial charge in [0.25, 0.3) is 11.7 Å². The Kier molecular flexibility index (Phi) is 8.46.